The molecule has 0 fully saturated rings. The number of hydrogen-bond acceptors (Lipinski definition) is 4. The van der Waals surface area contributed by atoms with Crippen LogP contribution < -0.4 is 5.32 Å². The second-order valence-corrected chi connectivity index (χ2v) is 8.44. The summed E-state index contributed by atoms with van der Waals surface area (Å²) in [5.74, 6) is 0.644. The molecule has 7 nitrogen and oxygen atoms in total. The minimum absolute atomic E-state index is 0.263. The molecule has 1 N–H and O–H groups in total. The van der Waals surface area contributed by atoms with Gasteiger partial charge in [-0.2, -0.15) is 10.2 Å². The van der Waals surface area contributed by atoms with Crippen molar-refractivity contribution in [2.75, 3.05) is 5.32 Å². The van der Waals surface area contributed by atoms with Gasteiger partial charge in [-0.1, -0.05) is 12.1 Å². The Hall–Kier alpha value is -3.13. The molecule has 1 aromatic carbocycles. The Balaban J connectivity index is 1.44. The summed E-state index contributed by atoms with van der Waals surface area (Å²) < 4.78 is 10.6. The third-order valence-electron chi connectivity index (χ3n) is 5.10. The quantitative estimate of drug-likeness (QED) is 0.419. The first-order chi connectivity index (χ1) is 14.8. The molecule has 0 bridgehead atoms. The van der Waals surface area contributed by atoms with Gasteiger partial charge in [0.1, 0.15) is 5.76 Å². The smallest absolute Gasteiger partial charge is 0.291 e. The molecule has 0 unspecified atom stereocenters. The number of hydrogen-bond donors (Lipinski definition) is 1. The highest BCUT2D eigenvalue weighted by atomic mass is 79.9. The average Bonchev–Trinajstić information content (AvgIpc) is 3.38. The number of anilines is 1. The lowest BCUT2D eigenvalue weighted by molar-refractivity contribution is 0.0994. The highest BCUT2D eigenvalue weighted by Gasteiger charge is 2.15. The minimum atomic E-state index is -0.288. The average molecular weight is 482 g/mol. The molecule has 4 rings (SSSR count). The van der Waals surface area contributed by atoms with Gasteiger partial charge in [0.05, 0.1) is 34.6 Å². The molecule has 0 aliphatic heterocycles. The molecule has 0 radical (unpaired) electrons. The van der Waals surface area contributed by atoms with E-state index in [4.69, 9.17) is 4.42 Å². The molecule has 0 atom stereocenters. The molecule has 1 amide bonds. The lowest BCUT2D eigenvalue weighted by atomic mass is 10.2. The molecule has 0 spiro atoms. The third-order valence-corrected chi connectivity index (χ3v) is 6.25. The van der Waals surface area contributed by atoms with Crippen molar-refractivity contribution in [1.29, 1.82) is 0 Å². The Morgan fingerprint density at radius 1 is 1.03 bits per heavy atom. The SMILES string of the molecule is Cc1cc(C)n(Cc2cccc(NC(=O)c3ccc(Cn4nc(C)c(Br)c4C)o3)c2)n1. The van der Waals surface area contributed by atoms with Crippen LogP contribution in [0.15, 0.2) is 51.4 Å². The van der Waals surface area contributed by atoms with Gasteiger partial charge >= 0.3 is 0 Å². The van der Waals surface area contributed by atoms with Crippen LogP contribution in [0, 0.1) is 27.7 Å². The van der Waals surface area contributed by atoms with Gasteiger partial charge in [0.25, 0.3) is 5.91 Å². The second-order valence-electron chi connectivity index (χ2n) is 7.65. The Labute approximate surface area is 189 Å². The van der Waals surface area contributed by atoms with Crippen LogP contribution in [0.25, 0.3) is 0 Å². The molecule has 31 heavy (non-hydrogen) atoms. The molecule has 0 saturated carbocycles. The summed E-state index contributed by atoms with van der Waals surface area (Å²) in [5, 5.41) is 11.9. The zero-order chi connectivity index (χ0) is 22.1. The maximum absolute atomic E-state index is 12.7. The molecule has 0 aliphatic carbocycles. The molecular weight excluding hydrogens is 458 g/mol. The van der Waals surface area contributed by atoms with Gasteiger partial charge in [-0.25, -0.2) is 0 Å². The van der Waals surface area contributed by atoms with Crippen molar-refractivity contribution in [3.05, 3.63) is 86.8 Å². The molecule has 0 aliphatic rings. The lowest BCUT2D eigenvalue weighted by Crippen LogP contribution is -2.11. The van der Waals surface area contributed by atoms with Crippen molar-refractivity contribution >= 4 is 27.5 Å². The van der Waals surface area contributed by atoms with Gasteiger partial charge in [-0.3, -0.25) is 14.2 Å². The first-order valence-corrected chi connectivity index (χ1v) is 10.8. The first-order valence-electron chi connectivity index (χ1n) is 9.99. The van der Waals surface area contributed by atoms with Gasteiger partial charge in [0.2, 0.25) is 0 Å². The van der Waals surface area contributed by atoms with Gasteiger partial charge in [0, 0.05) is 11.4 Å². The molecule has 3 aromatic heterocycles. The standard InChI is InChI=1S/C23H24BrN5O2/c1-14-10-15(2)28(26-14)12-18-6-5-7-19(11-18)25-23(30)21-9-8-20(31-21)13-29-17(4)22(24)16(3)27-29/h5-11H,12-13H2,1-4H3,(H,25,30). The zero-order valence-corrected chi connectivity index (χ0v) is 19.5. The normalized spacial score (nSPS) is 11.1. The van der Waals surface area contributed by atoms with Crippen LogP contribution in [-0.2, 0) is 13.1 Å². The van der Waals surface area contributed by atoms with E-state index in [-0.39, 0.29) is 11.7 Å². The predicted molar refractivity (Wildman–Crippen MR) is 122 cm³/mol. The van der Waals surface area contributed by atoms with Crippen molar-refractivity contribution in [3.8, 4) is 0 Å². The summed E-state index contributed by atoms with van der Waals surface area (Å²) in [7, 11) is 0. The monoisotopic (exact) mass is 481 g/mol. The zero-order valence-electron chi connectivity index (χ0n) is 17.9. The van der Waals surface area contributed by atoms with E-state index in [0.29, 0.717) is 24.5 Å². The Morgan fingerprint density at radius 2 is 1.84 bits per heavy atom. The number of carbonyl (C=O) groups excluding carboxylic acids is 1. The van der Waals surface area contributed by atoms with Crippen LogP contribution in [-0.4, -0.2) is 25.5 Å². The summed E-state index contributed by atoms with van der Waals surface area (Å²) in [6.07, 6.45) is 0. The predicted octanol–water partition coefficient (Wildman–Crippen LogP) is 5.02. The third kappa shape index (κ3) is 4.64. The van der Waals surface area contributed by atoms with Crippen molar-refractivity contribution in [1.82, 2.24) is 19.6 Å². The number of aromatic nitrogens is 4. The van der Waals surface area contributed by atoms with Crippen LogP contribution in [0.2, 0.25) is 0 Å². The number of halogens is 1. The van der Waals surface area contributed by atoms with E-state index in [1.165, 1.54) is 0 Å². The molecule has 160 valence electrons. The number of nitrogens with zero attached hydrogens (tertiary/aromatic N) is 4. The van der Waals surface area contributed by atoms with Gasteiger partial charge in [-0.05, 0) is 79.5 Å². The largest absolute Gasteiger partial charge is 0.454 e. The van der Waals surface area contributed by atoms with E-state index in [0.717, 1.165) is 32.8 Å². The maximum atomic E-state index is 12.7. The van der Waals surface area contributed by atoms with Gasteiger partial charge < -0.3 is 9.73 Å². The Bertz CT molecular complexity index is 1250. The molecule has 8 heteroatoms. The summed E-state index contributed by atoms with van der Waals surface area (Å²) in [4.78, 5) is 12.7. The Kier molecular flexibility index (Phi) is 5.82. The van der Waals surface area contributed by atoms with E-state index < -0.39 is 0 Å². The number of aryl methyl sites for hydroxylation is 3. The molecular formula is C23H24BrN5O2. The van der Waals surface area contributed by atoms with Crippen LogP contribution in [0.4, 0.5) is 5.69 Å². The van der Waals surface area contributed by atoms with Crippen molar-refractivity contribution in [2.24, 2.45) is 0 Å². The Morgan fingerprint density at radius 3 is 2.52 bits per heavy atom. The van der Waals surface area contributed by atoms with Crippen molar-refractivity contribution < 1.29 is 9.21 Å². The fraction of sp³-hybridized carbons (Fsp3) is 0.261. The summed E-state index contributed by atoms with van der Waals surface area (Å²) in [6, 6.07) is 13.3. The molecule has 0 saturated heterocycles. The molecule has 4 aromatic rings. The van der Waals surface area contributed by atoms with Crippen LogP contribution in [0.5, 0.6) is 0 Å². The number of benzene rings is 1. The van der Waals surface area contributed by atoms with Gasteiger partial charge in [-0.15, -0.1) is 0 Å². The number of rotatable bonds is 6. The summed E-state index contributed by atoms with van der Waals surface area (Å²) >= 11 is 3.53. The number of furan rings is 1. The van der Waals surface area contributed by atoms with Gasteiger partial charge in [0.15, 0.2) is 5.76 Å². The minimum Gasteiger partial charge on any atom is -0.454 e. The van der Waals surface area contributed by atoms with E-state index in [9.17, 15) is 4.79 Å². The van der Waals surface area contributed by atoms with E-state index in [2.05, 4.69) is 31.4 Å². The van der Waals surface area contributed by atoms with E-state index in [1.54, 1.807) is 12.1 Å². The fourth-order valence-electron chi connectivity index (χ4n) is 3.51. The van der Waals surface area contributed by atoms with E-state index >= 15 is 0 Å². The van der Waals surface area contributed by atoms with Crippen LogP contribution >= 0.6 is 15.9 Å². The number of carbonyl (C=O) groups is 1. The van der Waals surface area contributed by atoms with E-state index in [1.807, 2.05) is 67.4 Å². The van der Waals surface area contributed by atoms with Crippen LogP contribution in [0.3, 0.4) is 0 Å². The van der Waals surface area contributed by atoms with Crippen LogP contribution in [0.1, 0.15) is 44.7 Å². The number of amides is 1. The summed E-state index contributed by atoms with van der Waals surface area (Å²) in [5.41, 5.74) is 5.79. The summed E-state index contributed by atoms with van der Waals surface area (Å²) in [6.45, 7) is 9.05. The molecule has 3 heterocycles. The first kappa shape index (κ1) is 21.1. The van der Waals surface area contributed by atoms with Crippen molar-refractivity contribution in [3.63, 3.8) is 0 Å². The second kappa shape index (κ2) is 8.55. The van der Waals surface area contributed by atoms with Crippen molar-refractivity contribution in [2.45, 2.75) is 40.8 Å². The topological polar surface area (TPSA) is 77.9 Å². The number of nitrogens with one attached hydrogen (secondary N) is 1. The fourth-order valence-corrected chi connectivity index (χ4v) is 3.79. The highest BCUT2D eigenvalue weighted by molar-refractivity contribution is 9.10. The highest BCUT2D eigenvalue weighted by Crippen LogP contribution is 2.21. The maximum Gasteiger partial charge on any atom is 0.291 e. The lowest BCUT2D eigenvalue weighted by Gasteiger charge is -2.08.